The molecule has 1 aliphatic rings. The van der Waals surface area contributed by atoms with E-state index < -0.39 is 12.0 Å². The van der Waals surface area contributed by atoms with Gasteiger partial charge in [0.2, 0.25) is 5.75 Å². The fraction of sp³-hybridized carbons (Fsp3) is 0.435. The van der Waals surface area contributed by atoms with Crippen LogP contribution in [0.15, 0.2) is 36.4 Å². The Labute approximate surface area is 172 Å². The third-order valence-electron chi connectivity index (χ3n) is 5.67. The number of carbonyl (C=O) groups is 1. The number of ether oxygens (including phenoxy) is 3. The van der Waals surface area contributed by atoms with Gasteiger partial charge >= 0.3 is 5.97 Å². The number of aryl methyl sites for hydroxylation is 1. The lowest BCUT2D eigenvalue weighted by atomic mass is 9.89. The van der Waals surface area contributed by atoms with Gasteiger partial charge in [-0.1, -0.05) is 30.7 Å². The molecule has 3 rings (SSSR count). The average molecular weight is 399 g/mol. The van der Waals surface area contributed by atoms with Crippen LogP contribution in [0, 0.1) is 6.92 Å². The SMILES string of the molecule is COc1ccc(C(c2ccccc2C)N2CCCCC2C(=O)O)c(OC)c1OC. The summed E-state index contributed by atoms with van der Waals surface area (Å²) in [7, 11) is 4.76. The summed E-state index contributed by atoms with van der Waals surface area (Å²) in [4.78, 5) is 14.2. The van der Waals surface area contributed by atoms with Gasteiger partial charge in [-0.15, -0.1) is 0 Å². The van der Waals surface area contributed by atoms with Gasteiger partial charge in [0, 0.05) is 5.56 Å². The zero-order chi connectivity index (χ0) is 21.0. The number of hydrogen-bond donors (Lipinski definition) is 1. The number of likely N-dealkylation sites (tertiary alicyclic amines) is 1. The van der Waals surface area contributed by atoms with Crippen LogP contribution in [-0.2, 0) is 4.79 Å². The van der Waals surface area contributed by atoms with Crippen LogP contribution in [0.5, 0.6) is 17.2 Å². The first-order valence-electron chi connectivity index (χ1n) is 9.86. The van der Waals surface area contributed by atoms with Gasteiger partial charge in [0.1, 0.15) is 6.04 Å². The smallest absolute Gasteiger partial charge is 0.320 e. The van der Waals surface area contributed by atoms with E-state index in [1.165, 1.54) is 0 Å². The number of piperidine rings is 1. The van der Waals surface area contributed by atoms with Gasteiger partial charge in [-0.3, -0.25) is 9.69 Å². The summed E-state index contributed by atoms with van der Waals surface area (Å²) < 4.78 is 16.8. The summed E-state index contributed by atoms with van der Waals surface area (Å²) in [5, 5.41) is 9.91. The minimum atomic E-state index is -0.789. The number of carboxylic acids is 1. The first-order chi connectivity index (χ1) is 14.0. The van der Waals surface area contributed by atoms with Gasteiger partial charge in [0.25, 0.3) is 0 Å². The summed E-state index contributed by atoms with van der Waals surface area (Å²) in [6.45, 7) is 2.75. The molecule has 0 amide bonds. The molecule has 1 saturated heterocycles. The molecule has 2 atom stereocenters. The molecule has 0 aliphatic carbocycles. The molecule has 2 unspecified atom stereocenters. The average Bonchev–Trinajstić information content (AvgIpc) is 2.74. The van der Waals surface area contributed by atoms with E-state index in [1.54, 1.807) is 21.3 Å². The highest BCUT2D eigenvalue weighted by molar-refractivity contribution is 5.74. The summed E-state index contributed by atoms with van der Waals surface area (Å²) in [5.74, 6) is 0.859. The highest BCUT2D eigenvalue weighted by atomic mass is 16.5. The number of hydrogen-bond acceptors (Lipinski definition) is 5. The number of aliphatic carboxylic acids is 1. The van der Waals surface area contributed by atoms with Crippen molar-refractivity contribution in [3.05, 3.63) is 53.1 Å². The number of rotatable bonds is 7. The molecule has 0 saturated carbocycles. The molecular formula is C23H29NO5. The van der Waals surface area contributed by atoms with E-state index in [-0.39, 0.29) is 6.04 Å². The Morgan fingerprint density at radius 2 is 1.72 bits per heavy atom. The molecule has 1 N–H and O–H groups in total. The van der Waals surface area contributed by atoms with Crippen LogP contribution in [-0.4, -0.2) is 49.9 Å². The van der Waals surface area contributed by atoms with Crippen molar-refractivity contribution in [1.29, 1.82) is 0 Å². The van der Waals surface area contributed by atoms with Gasteiger partial charge < -0.3 is 19.3 Å². The predicted molar refractivity (Wildman–Crippen MR) is 111 cm³/mol. The zero-order valence-corrected chi connectivity index (χ0v) is 17.5. The van der Waals surface area contributed by atoms with Crippen LogP contribution in [0.2, 0.25) is 0 Å². The maximum atomic E-state index is 12.1. The van der Waals surface area contributed by atoms with E-state index in [0.717, 1.165) is 29.5 Å². The third-order valence-corrected chi connectivity index (χ3v) is 5.67. The van der Waals surface area contributed by atoms with Crippen LogP contribution in [0.4, 0.5) is 0 Å². The van der Waals surface area contributed by atoms with Gasteiger partial charge in [-0.25, -0.2) is 0 Å². The Morgan fingerprint density at radius 3 is 2.34 bits per heavy atom. The van der Waals surface area contributed by atoms with E-state index >= 15 is 0 Å². The second-order valence-electron chi connectivity index (χ2n) is 7.27. The standard InChI is InChI=1S/C23H29NO5/c1-15-9-5-6-10-16(15)20(24-14-8-7-11-18(24)23(25)26)17-12-13-19(27-2)22(29-4)21(17)28-3/h5-6,9-10,12-13,18,20H,7-8,11,14H2,1-4H3,(H,25,26). The Morgan fingerprint density at radius 1 is 1.00 bits per heavy atom. The molecule has 6 nitrogen and oxygen atoms in total. The van der Waals surface area contributed by atoms with Crippen LogP contribution in [0.3, 0.4) is 0 Å². The minimum absolute atomic E-state index is 0.271. The molecule has 6 heteroatoms. The molecule has 0 bridgehead atoms. The van der Waals surface area contributed by atoms with Crippen LogP contribution < -0.4 is 14.2 Å². The maximum Gasteiger partial charge on any atom is 0.320 e. The van der Waals surface area contributed by atoms with E-state index in [4.69, 9.17) is 14.2 Å². The second kappa shape index (κ2) is 9.18. The summed E-state index contributed by atoms with van der Waals surface area (Å²) in [5.41, 5.74) is 3.03. The van der Waals surface area contributed by atoms with Gasteiger partial charge in [-0.05, 0) is 49.6 Å². The highest BCUT2D eigenvalue weighted by Crippen LogP contribution is 2.46. The Bertz CT molecular complexity index is 866. The second-order valence-corrected chi connectivity index (χ2v) is 7.27. The monoisotopic (exact) mass is 399 g/mol. The molecule has 156 valence electrons. The quantitative estimate of drug-likeness (QED) is 0.758. The topological polar surface area (TPSA) is 68.2 Å². The molecule has 2 aromatic carbocycles. The van der Waals surface area contributed by atoms with Gasteiger partial charge in [0.05, 0.1) is 27.4 Å². The van der Waals surface area contributed by atoms with E-state index in [9.17, 15) is 9.90 Å². The van der Waals surface area contributed by atoms with Crippen molar-refractivity contribution in [1.82, 2.24) is 4.90 Å². The molecule has 1 aliphatic heterocycles. The van der Waals surface area contributed by atoms with Gasteiger partial charge in [-0.2, -0.15) is 0 Å². The van der Waals surface area contributed by atoms with Crippen LogP contribution in [0.25, 0.3) is 0 Å². The molecular weight excluding hydrogens is 370 g/mol. The Kier molecular flexibility index (Phi) is 6.64. The molecule has 0 aromatic heterocycles. The van der Waals surface area contributed by atoms with Crippen molar-refractivity contribution in [2.75, 3.05) is 27.9 Å². The lowest BCUT2D eigenvalue weighted by Gasteiger charge is -2.40. The van der Waals surface area contributed by atoms with Crippen LogP contribution >= 0.6 is 0 Å². The first-order valence-corrected chi connectivity index (χ1v) is 9.86. The molecule has 0 spiro atoms. The fourth-order valence-electron chi connectivity index (χ4n) is 4.29. The van der Waals surface area contributed by atoms with Crippen molar-refractivity contribution < 1.29 is 24.1 Å². The third kappa shape index (κ3) is 4.03. The number of carboxylic acid groups (broad SMARTS) is 1. The first kappa shape index (κ1) is 21.0. The van der Waals surface area contributed by atoms with E-state index in [1.807, 2.05) is 24.3 Å². The molecule has 1 fully saturated rings. The van der Waals surface area contributed by atoms with Crippen molar-refractivity contribution in [2.45, 2.75) is 38.3 Å². The molecule has 29 heavy (non-hydrogen) atoms. The summed E-state index contributed by atoms with van der Waals surface area (Å²) in [6, 6.07) is 11.1. The predicted octanol–water partition coefficient (Wildman–Crippen LogP) is 4.05. The number of methoxy groups -OCH3 is 3. The van der Waals surface area contributed by atoms with E-state index in [2.05, 4.69) is 24.0 Å². The maximum absolute atomic E-state index is 12.1. The number of benzene rings is 2. The Hall–Kier alpha value is -2.73. The molecule has 0 radical (unpaired) electrons. The lowest BCUT2D eigenvalue weighted by molar-refractivity contribution is -0.145. The summed E-state index contributed by atoms with van der Waals surface area (Å²) >= 11 is 0. The molecule has 1 heterocycles. The van der Waals surface area contributed by atoms with Crippen molar-refractivity contribution in [2.24, 2.45) is 0 Å². The Balaban J connectivity index is 2.24. The number of nitrogens with zero attached hydrogens (tertiary/aromatic N) is 1. The fourth-order valence-corrected chi connectivity index (χ4v) is 4.29. The van der Waals surface area contributed by atoms with Crippen LogP contribution in [0.1, 0.15) is 42.0 Å². The van der Waals surface area contributed by atoms with Gasteiger partial charge in [0.15, 0.2) is 11.5 Å². The zero-order valence-electron chi connectivity index (χ0n) is 17.5. The highest BCUT2D eigenvalue weighted by Gasteiger charge is 2.37. The lowest BCUT2D eigenvalue weighted by Crippen LogP contribution is -2.47. The molecule has 2 aromatic rings. The largest absolute Gasteiger partial charge is 0.493 e. The normalized spacial score (nSPS) is 18.1. The minimum Gasteiger partial charge on any atom is -0.493 e. The van der Waals surface area contributed by atoms with Crippen molar-refractivity contribution in [3.63, 3.8) is 0 Å². The van der Waals surface area contributed by atoms with Crippen molar-refractivity contribution in [3.8, 4) is 17.2 Å². The summed E-state index contributed by atoms with van der Waals surface area (Å²) in [6.07, 6.45) is 2.51. The van der Waals surface area contributed by atoms with Crippen molar-refractivity contribution >= 4 is 5.97 Å². The van der Waals surface area contributed by atoms with E-state index in [0.29, 0.717) is 30.2 Å².